The molecule has 1 N–H and O–H groups in total. The van der Waals surface area contributed by atoms with Gasteiger partial charge in [0, 0.05) is 11.3 Å². The molecule has 110 valence electrons. The molecule has 0 bridgehead atoms. The molecule has 0 saturated carbocycles. The Hall–Kier alpha value is -2.20. The Kier molecular flexibility index (Phi) is 3.39. The van der Waals surface area contributed by atoms with E-state index in [0.717, 1.165) is 34.3 Å². The summed E-state index contributed by atoms with van der Waals surface area (Å²) in [6, 6.07) is 11.9. The molecule has 1 aliphatic carbocycles. The number of carbonyl (C=O) groups is 1. The molecule has 3 nitrogen and oxygen atoms in total. The monoisotopic (exact) mass is 308 g/mol. The van der Waals surface area contributed by atoms with Crippen LogP contribution in [0.5, 0.6) is 0 Å². The Balaban J connectivity index is 1.58. The van der Waals surface area contributed by atoms with Crippen LogP contribution in [0.15, 0.2) is 41.9 Å². The zero-order chi connectivity index (χ0) is 14.9. The number of amides is 1. The Morgan fingerprint density at radius 3 is 2.82 bits per heavy atom. The van der Waals surface area contributed by atoms with Crippen molar-refractivity contribution in [3.63, 3.8) is 0 Å². The van der Waals surface area contributed by atoms with Crippen molar-refractivity contribution in [2.45, 2.75) is 25.7 Å². The number of hydrogen-bond acceptors (Lipinski definition) is 3. The van der Waals surface area contributed by atoms with E-state index >= 15 is 0 Å². The van der Waals surface area contributed by atoms with E-state index in [4.69, 9.17) is 0 Å². The van der Waals surface area contributed by atoms with Crippen LogP contribution in [-0.2, 0) is 12.8 Å². The summed E-state index contributed by atoms with van der Waals surface area (Å²) in [5.74, 6) is -0.0528. The van der Waals surface area contributed by atoms with Crippen LogP contribution >= 0.6 is 11.3 Å². The lowest BCUT2D eigenvalue weighted by Crippen LogP contribution is -2.13. The van der Waals surface area contributed by atoms with Gasteiger partial charge in [0.15, 0.2) is 0 Å². The predicted molar refractivity (Wildman–Crippen MR) is 90.7 cm³/mol. The molecule has 0 fully saturated rings. The molecule has 0 aliphatic heterocycles. The maximum Gasteiger partial charge on any atom is 0.255 e. The molecule has 2 aromatic carbocycles. The van der Waals surface area contributed by atoms with Gasteiger partial charge in [-0.05, 0) is 67.1 Å². The molecular formula is C18H16N2OS. The lowest BCUT2D eigenvalue weighted by molar-refractivity contribution is 0.102. The highest BCUT2D eigenvalue weighted by Gasteiger charge is 2.13. The first kappa shape index (κ1) is 13.5. The lowest BCUT2D eigenvalue weighted by atomic mass is 9.90. The molecule has 3 aromatic rings. The number of carbonyl (C=O) groups excluding carboxylic acids is 1. The third-order valence-electron chi connectivity index (χ3n) is 4.20. The fourth-order valence-electron chi connectivity index (χ4n) is 3.01. The molecule has 1 aliphatic rings. The van der Waals surface area contributed by atoms with Crippen LogP contribution in [0.25, 0.3) is 10.2 Å². The third-order valence-corrected chi connectivity index (χ3v) is 5.01. The average Bonchev–Trinajstić information content (AvgIpc) is 3.02. The van der Waals surface area contributed by atoms with Gasteiger partial charge in [0.1, 0.15) is 0 Å². The van der Waals surface area contributed by atoms with Gasteiger partial charge in [-0.2, -0.15) is 0 Å². The van der Waals surface area contributed by atoms with Gasteiger partial charge in [0.25, 0.3) is 5.91 Å². The molecule has 0 atom stereocenters. The maximum absolute atomic E-state index is 12.4. The second-order valence-electron chi connectivity index (χ2n) is 5.68. The lowest BCUT2D eigenvalue weighted by Gasteiger charge is -2.16. The average molecular weight is 308 g/mol. The van der Waals surface area contributed by atoms with Gasteiger partial charge < -0.3 is 5.32 Å². The van der Waals surface area contributed by atoms with E-state index in [1.165, 1.54) is 24.0 Å². The van der Waals surface area contributed by atoms with Crippen LogP contribution in [0.2, 0.25) is 0 Å². The number of aryl methyl sites for hydroxylation is 2. The number of nitrogens with zero attached hydrogens (tertiary/aromatic N) is 1. The Bertz CT molecular complexity index is 853. The van der Waals surface area contributed by atoms with E-state index < -0.39 is 0 Å². The van der Waals surface area contributed by atoms with Gasteiger partial charge in [-0.15, -0.1) is 11.3 Å². The zero-order valence-corrected chi connectivity index (χ0v) is 13.0. The minimum absolute atomic E-state index is 0.0528. The number of aromatic nitrogens is 1. The zero-order valence-electron chi connectivity index (χ0n) is 12.1. The second-order valence-corrected chi connectivity index (χ2v) is 6.57. The summed E-state index contributed by atoms with van der Waals surface area (Å²) in [6.45, 7) is 0. The Morgan fingerprint density at radius 1 is 1.05 bits per heavy atom. The third kappa shape index (κ3) is 2.50. The fourth-order valence-corrected chi connectivity index (χ4v) is 3.67. The summed E-state index contributed by atoms with van der Waals surface area (Å²) in [6.07, 6.45) is 4.70. The van der Waals surface area contributed by atoms with Crippen molar-refractivity contribution in [3.8, 4) is 0 Å². The molecule has 0 saturated heterocycles. The molecule has 0 radical (unpaired) electrons. The standard InChI is InChI=1S/C18H16N2OS/c21-18(14-6-5-12-3-1-2-4-13(12)9-14)20-15-7-8-17-16(10-15)19-11-22-17/h5-11H,1-4H2,(H,20,21). The van der Waals surface area contributed by atoms with Crippen molar-refractivity contribution in [1.82, 2.24) is 4.98 Å². The Labute approximate surface area is 133 Å². The van der Waals surface area contributed by atoms with E-state index in [2.05, 4.69) is 16.4 Å². The first-order valence-corrected chi connectivity index (χ1v) is 8.44. The van der Waals surface area contributed by atoms with Gasteiger partial charge in [0.05, 0.1) is 15.7 Å². The van der Waals surface area contributed by atoms with Crippen molar-refractivity contribution in [3.05, 3.63) is 58.6 Å². The quantitative estimate of drug-likeness (QED) is 0.761. The predicted octanol–water partition coefficient (Wildman–Crippen LogP) is 4.43. The molecular weight excluding hydrogens is 292 g/mol. The Morgan fingerprint density at radius 2 is 1.91 bits per heavy atom. The minimum atomic E-state index is -0.0528. The summed E-state index contributed by atoms with van der Waals surface area (Å²) in [5.41, 5.74) is 6.99. The summed E-state index contributed by atoms with van der Waals surface area (Å²) in [5, 5.41) is 2.97. The van der Waals surface area contributed by atoms with Crippen LogP contribution in [0.1, 0.15) is 34.3 Å². The van der Waals surface area contributed by atoms with Crippen molar-refractivity contribution >= 4 is 33.1 Å². The van der Waals surface area contributed by atoms with Gasteiger partial charge in [-0.25, -0.2) is 4.98 Å². The minimum Gasteiger partial charge on any atom is -0.322 e. The molecule has 0 spiro atoms. The van der Waals surface area contributed by atoms with Crippen LogP contribution in [0.4, 0.5) is 5.69 Å². The van der Waals surface area contributed by atoms with Crippen LogP contribution < -0.4 is 5.32 Å². The van der Waals surface area contributed by atoms with Gasteiger partial charge in [-0.3, -0.25) is 4.79 Å². The summed E-state index contributed by atoms with van der Waals surface area (Å²) in [4.78, 5) is 16.7. The van der Waals surface area contributed by atoms with Crippen LogP contribution in [-0.4, -0.2) is 10.9 Å². The molecule has 0 unspecified atom stereocenters. The van der Waals surface area contributed by atoms with Crippen molar-refractivity contribution in [2.24, 2.45) is 0 Å². The topological polar surface area (TPSA) is 42.0 Å². The summed E-state index contributed by atoms with van der Waals surface area (Å²) >= 11 is 1.60. The molecule has 1 amide bonds. The van der Waals surface area contributed by atoms with Crippen molar-refractivity contribution in [2.75, 3.05) is 5.32 Å². The van der Waals surface area contributed by atoms with E-state index in [9.17, 15) is 4.79 Å². The number of anilines is 1. The molecule has 4 heteroatoms. The SMILES string of the molecule is O=C(Nc1ccc2scnc2c1)c1ccc2c(c1)CCCC2. The van der Waals surface area contributed by atoms with E-state index in [1.54, 1.807) is 11.3 Å². The number of fused-ring (bicyclic) bond motifs is 2. The van der Waals surface area contributed by atoms with E-state index in [0.29, 0.717) is 0 Å². The highest BCUT2D eigenvalue weighted by atomic mass is 32.1. The maximum atomic E-state index is 12.4. The first-order valence-electron chi connectivity index (χ1n) is 7.56. The molecule has 4 rings (SSSR count). The van der Waals surface area contributed by atoms with Gasteiger partial charge in [0.2, 0.25) is 0 Å². The number of hydrogen-bond donors (Lipinski definition) is 1. The highest BCUT2D eigenvalue weighted by Crippen LogP contribution is 2.24. The van der Waals surface area contributed by atoms with Gasteiger partial charge in [-0.1, -0.05) is 6.07 Å². The first-order chi connectivity index (χ1) is 10.8. The second kappa shape index (κ2) is 5.54. The normalized spacial score (nSPS) is 13.8. The number of rotatable bonds is 2. The summed E-state index contributed by atoms with van der Waals surface area (Å²) in [7, 11) is 0. The molecule has 1 heterocycles. The highest BCUT2D eigenvalue weighted by molar-refractivity contribution is 7.16. The van der Waals surface area contributed by atoms with E-state index in [-0.39, 0.29) is 5.91 Å². The van der Waals surface area contributed by atoms with Crippen molar-refractivity contribution in [1.29, 1.82) is 0 Å². The fraction of sp³-hybridized carbons (Fsp3) is 0.222. The largest absolute Gasteiger partial charge is 0.322 e. The van der Waals surface area contributed by atoms with E-state index in [1.807, 2.05) is 35.8 Å². The van der Waals surface area contributed by atoms with Gasteiger partial charge >= 0.3 is 0 Å². The van der Waals surface area contributed by atoms with Crippen molar-refractivity contribution < 1.29 is 4.79 Å². The molecule has 22 heavy (non-hydrogen) atoms. The van der Waals surface area contributed by atoms with Crippen LogP contribution in [0, 0.1) is 0 Å². The smallest absolute Gasteiger partial charge is 0.255 e. The number of nitrogens with one attached hydrogen (secondary N) is 1. The summed E-state index contributed by atoms with van der Waals surface area (Å²) < 4.78 is 1.13. The number of benzene rings is 2. The molecule has 1 aromatic heterocycles. The number of thiazole rings is 1. The van der Waals surface area contributed by atoms with Crippen LogP contribution in [0.3, 0.4) is 0 Å².